The predicted molar refractivity (Wildman–Crippen MR) is 65.2 cm³/mol. The van der Waals surface area contributed by atoms with E-state index in [1.807, 2.05) is 18.2 Å². The van der Waals surface area contributed by atoms with Crippen molar-refractivity contribution in [1.82, 2.24) is 4.98 Å². The molecule has 0 radical (unpaired) electrons. The van der Waals surface area contributed by atoms with Gasteiger partial charge in [0.15, 0.2) is 5.58 Å². The van der Waals surface area contributed by atoms with Crippen LogP contribution in [0.3, 0.4) is 0 Å². The molecular weight excluding hydrogens is 218 g/mol. The first-order chi connectivity index (χ1) is 7.91. The fourth-order valence-electron chi connectivity index (χ4n) is 1.55. The van der Waals surface area contributed by atoms with Crippen molar-refractivity contribution in [1.29, 1.82) is 0 Å². The highest BCUT2D eigenvalue weighted by molar-refractivity contribution is 5.95. The molecule has 3 N–H and O–H groups in total. The Balaban J connectivity index is 2.56. The minimum absolute atomic E-state index is 0.0456. The maximum Gasteiger partial charge on any atom is 0.266 e. The summed E-state index contributed by atoms with van der Waals surface area (Å²) in [6.45, 7) is 6.37. The lowest BCUT2D eigenvalue weighted by Crippen LogP contribution is -2.13. The van der Waals surface area contributed by atoms with Crippen molar-refractivity contribution in [3.8, 4) is 0 Å². The van der Waals surface area contributed by atoms with Crippen molar-refractivity contribution >= 4 is 16.9 Å². The molecule has 0 amide bonds. The summed E-state index contributed by atoms with van der Waals surface area (Å²) in [4.78, 5) is 4.18. The summed E-state index contributed by atoms with van der Waals surface area (Å²) in [6, 6.07) is 5.79. The first-order valence-electron chi connectivity index (χ1n) is 5.31. The topological polar surface area (TPSA) is 84.6 Å². The van der Waals surface area contributed by atoms with Gasteiger partial charge in [0.05, 0.1) is 0 Å². The number of nitrogens with zero attached hydrogens (tertiary/aromatic N) is 2. The highest BCUT2D eigenvalue weighted by Crippen LogP contribution is 2.26. The normalized spacial score (nSPS) is 13.2. The largest absolute Gasteiger partial charge is 0.434 e. The molecular formula is C12H15N3O2. The van der Waals surface area contributed by atoms with E-state index in [0.717, 1.165) is 5.56 Å². The molecule has 2 aromatic rings. The van der Waals surface area contributed by atoms with E-state index in [0.29, 0.717) is 11.1 Å². The van der Waals surface area contributed by atoms with Crippen LogP contribution in [0.2, 0.25) is 0 Å². The predicted octanol–water partition coefficient (Wildman–Crippen LogP) is 2.22. The number of amidine groups is 1. The Kier molecular flexibility index (Phi) is 2.53. The van der Waals surface area contributed by atoms with Crippen LogP contribution in [0.4, 0.5) is 0 Å². The molecule has 17 heavy (non-hydrogen) atoms. The minimum Gasteiger partial charge on any atom is -0.434 e. The third-order valence-electron chi connectivity index (χ3n) is 2.58. The Bertz CT molecular complexity index is 579. The minimum atomic E-state index is -0.126. The zero-order valence-electron chi connectivity index (χ0n) is 10.1. The maximum atomic E-state index is 8.56. The SMILES string of the molecule is CC(C)(C)c1ccc2oc(/C(N)=N/O)nc2c1. The van der Waals surface area contributed by atoms with E-state index in [9.17, 15) is 0 Å². The lowest BCUT2D eigenvalue weighted by atomic mass is 9.87. The van der Waals surface area contributed by atoms with Gasteiger partial charge in [0, 0.05) is 0 Å². The molecule has 1 aromatic carbocycles. The van der Waals surface area contributed by atoms with E-state index in [4.69, 9.17) is 15.4 Å². The van der Waals surface area contributed by atoms with Gasteiger partial charge in [-0.1, -0.05) is 32.0 Å². The zero-order chi connectivity index (χ0) is 12.6. The molecule has 0 spiro atoms. The van der Waals surface area contributed by atoms with Crippen LogP contribution in [0.25, 0.3) is 11.1 Å². The molecule has 0 aliphatic rings. The van der Waals surface area contributed by atoms with Gasteiger partial charge in [0.25, 0.3) is 5.89 Å². The van der Waals surface area contributed by atoms with Crippen molar-refractivity contribution in [2.75, 3.05) is 0 Å². The number of hydrogen-bond donors (Lipinski definition) is 2. The average Bonchev–Trinajstić information content (AvgIpc) is 2.69. The van der Waals surface area contributed by atoms with Crippen molar-refractivity contribution < 1.29 is 9.62 Å². The van der Waals surface area contributed by atoms with Gasteiger partial charge in [-0.05, 0) is 23.1 Å². The monoisotopic (exact) mass is 233 g/mol. The van der Waals surface area contributed by atoms with Crippen LogP contribution in [0.15, 0.2) is 27.8 Å². The van der Waals surface area contributed by atoms with E-state index in [-0.39, 0.29) is 17.1 Å². The number of benzene rings is 1. The smallest absolute Gasteiger partial charge is 0.266 e. The van der Waals surface area contributed by atoms with Crippen LogP contribution in [0, 0.1) is 0 Å². The van der Waals surface area contributed by atoms with Crippen LogP contribution >= 0.6 is 0 Å². The van der Waals surface area contributed by atoms with Crippen LogP contribution in [-0.2, 0) is 5.41 Å². The van der Waals surface area contributed by atoms with Gasteiger partial charge >= 0.3 is 0 Å². The lowest BCUT2D eigenvalue weighted by Gasteiger charge is -2.18. The summed E-state index contributed by atoms with van der Waals surface area (Å²) in [7, 11) is 0. The molecule has 0 fully saturated rings. The van der Waals surface area contributed by atoms with E-state index in [2.05, 4.69) is 30.9 Å². The van der Waals surface area contributed by atoms with Crippen LogP contribution in [0.1, 0.15) is 32.2 Å². The number of oxime groups is 1. The molecule has 0 atom stereocenters. The zero-order valence-corrected chi connectivity index (χ0v) is 10.1. The third kappa shape index (κ3) is 2.08. The first-order valence-corrected chi connectivity index (χ1v) is 5.31. The molecule has 0 saturated heterocycles. The number of hydrogen-bond acceptors (Lipinski definition) is 4. The molecule has 2 rings (SSSR count). The number of nitrogens with two attached hydrogens (primary N) is 1. The summed E-state index contributed by atoms with van der Waals surface area (Å²) in [5.74, 6) is 0.00654. The highest BCUT2D eigenvalue weighted by atomic mass is 16.4. The molecule has 5 heteroatoms. The Morgan fingerprint density at radius 1 is 1.41 bits per heavy atom. The summed E-state index contributed by atoms with van der Waals surface area (Å²) in [6.07, 6.45) is 0. The van der Waals surface area contributed by atoms with Crippen molar-refractivity contribution in [3.05, 3.63) is 29.7 Å². The van der Waals surface area contributed by atoms with Gasteiger partial charge in [-0.15, -0.1) is 0 Å². The maximum absolute atomic E-state index is 8.56. The van der Waals surface area contributed by atoms with Gasteiger partial charge in [-0.2, -0.15) is 0 Å². The van der Waals surface area contributed by atoms with Gasteiger partial charge < -0.3 is 15.4 Å². The molecule has 0 aliphatic heterocycles. The summed E-state index contributed by atoms with van der Waals surface area (Å²) < 4.78 is 5.36. The first kappa shape index (κ1) is 11.4. The number of oxazole rings is 1. The van der Waals surface area contributed by atoms with Gasteiger partial charge in [-0.25, -0.2) is 4.98 Å². The quantitative estimate of drug-likeness (QED) is 0.342. The van der Waals surface area contributed by atoms with Crippen molar-refractivity contribution in [3.63, 3.8) is 0 Å². The fraction of sp³-hybridized carbons (Fsp3) is 0.333. The second kappa shape index (κ2) is 3.76. The summed E-state index contributed by atoms with van der Waals surface area (Å²) >= 11 is 0. The van der Waals surface area contributed by atoms with Gasteiger partial charge in [0.1, 0.15) is 5.52 Å². The summed E-state index contributed by atoms with van der Waals surface area (Å²) in [5.41, 5.74) is 7.96. The Morgan fingerprint density at radius 3 is 2.71 bits per heavy atom. The van der Waals surface area contributed by atoms with Crippen molar-refractivity contribution in [2.45, 2.75) is 26.2 Å². The molecule has 0 bridgehead atoms. The standard InChI is InChI=1S/C12H15N3O2/c1-12(2,3)7-4-5-9-8(6-7)14-11(17-9)10(13)15-16/h4-6,16H,1-3H3,(H2,13,15). The molecule has 0 aliphatic carbocycles. The van der Waals surface area contributed by atoms with E-state index >= 15 is 0 Å². The van der Waals surface area contributed by atoms with Crippen LogP contribution in [-0.4, -0.2) is 16.0 Å². The highest BCUT2D eigenvalue weighted by Gasteiger charge is 2.16. The Morgan fingerprint density at radius 2 is 2.12 bits per heavy atom. The molecule has 5 nitrogen and oxygen atoms in total. The molecule has 0 unspecified atom stereocenters. The molecule has 1 aromatic heterocycles. The molecule has 90 valence electrons. The average molecular weight is 233 g/mol. The van der Waals surface area contributed by atoms with E-state index in [1.165, 1.54) is 0 Å². The van der Waals surface area contributed by atoms with Gasteiger partial charge in [0.2, 0.25) is 5.84 Å². The van der Waals surface area contributed by atoms with Crippen LogP contribution in [0.5, 0.6) is 0 Å². The van der Waals surface area contributed by atoms with E-state index < -0.39 is 0 Å². The second-order valence-corrected chi connectivity index (χ2v) is 4.94. The summed E-state index contributed by atoms with van der Waals surface area (Å²) in [5, 5.41) is 11.4. The second-order valence-electron chi connectivity index (χ2n) is 4.94. The Labute approximate surface area is 98.9 Å². The number of fused-ring (bicyclic) bond motifs is 1. The molecule has 0 saturated carbocycles. The molecule has 1 heterocycles. The number of rotatable bonds is 1. The van der Waals surface area contributed by atoms with Crippen molar-refractivity contribution in [2.24, 2.45) is 10.9 Å². The third-order valence-corrected chi connectivity index (χ3v) is 2.58. The Hall–Kier alpha value is -2.04. The fourth-order valence-corrected chi connectivity index (χ4v) is 1.55. The lowest BCUT2D eigenvalue weighted by molar-refractivity contribution is 0.317. The van der Waals surface area contributed by atoms with Gasteiger partial charge in [-0.3, -0.25) is 0 Å². The number of aromatic nitrogens is 1. The van der Waals surface area contributed by atoms with Crippen LogP contribution < -0.4 is 5.73 Å². The van der Waals surface area contributed by atoms with E-state index in [1.54, 1.807) is 0 Å².